The molecule has 0 aromatic heterocycles. The molecule has 7 heterocycles. The van der Waals surface area contributed by atoms with E-state index in [2.05, 4.69) is 26.6 Å². The highest BCUT2D eigenvalue weighted by Gasteiger charge is 2.45. The molecule has 25 nitrogen and oxygen atoms in total. The van der Waals surface area contributed by atoms with Gasteiger partial charge in [0.05, 0.1) is 109 Å². The summed E-state index contributed by atoms with van der Waals surface area (Å²) in [5.41, 5.74) is 1.22. The Labute approximate surface area is 685 Å². The van der Waals surface area contributed by atoms with Gasteiger partial charge < -0.3 is 118 Å². The van der Waals surface area contributed by atoms with Crippen molar-refractivity contribution in [1.29, 1.82) is 0 Å². The number of alkyl halides is 6. The van der Waals surface area contributed by atoms with Gasteiger partial charge in [-0.15, -0.1) is 0 Å². The van der Waals surface area contributed by atoms with Gasteiger partial charge in [-0.2, -0.15) is 0 Å². The molecule has 9 aliphatic rings. The van der Waals surface area contributed by atoms with Crippen molar-refractivity contribution < 1.29 is 140 Å². The number of nitrogens with zero attached hydrogens (tertiary/aromatic N) is 2. The predicted octanol–water partition coefficient (Wildman–Crippen LogP) is 2.86. The van der Waals surface area contributed by atoms with E-state index >= 15 is 0 Å². The van der Waals surface area contributed by atoms with Gasteiger partial charge in [-0.05, 0) is 96.3 Å². The molecule has 0 radical (unpaired) electrons. The summed E-state index contributed by atoms with van der Waals surface area (Å²) in [5, 5.41) is 169. The number of carbonyl (C=O) groups is 2. The molecule has 4 aromatic rings. The topological polar surface area (TPSA) is 424 Å². The van der Waals surface area contributed by atoms with Gasteiger partial charge in [0.25, 0.3) is 5.91 Å². The summed E-state index contributed by atoms with van der Waals surface area (Å²) in [5.74, 6) is -8.40. The van der Waals surface area contributed by atoms with Gasteiger partial charge in [-0.25, -0.2) is 48.3 Å². The molecule has 0 bridgehead atoms. The number of aliphatic hydroxyl groups excluding tert-OH is 16. The molecular weight excluding hydrogens is 1590 g/mol. The van der Waals surface area contributed by atoms with Crippen LogP contribution in [0.25, 0.3) is 0 Å². The Morgan fingerprint density at radius 1 is 0.387 bits per heavy atom. The molecule has 13 rings (SSSR count). The van der Waals surface area contributed by atoms with Crippen LogP contribution in [-0.2, 0) is 11.2 Å². The molecule has 2 saturated carbocycles. The van der Waals surface area contributed by atoms with Crippen molar-refractivity contribution >= 4 is 11.8 Å². The molecule has 9 fully saturated rings. The minimum Gasteiger partial charge on any atom is -0.393 e. The standard InChI is InChI=1S/C13H15F2NO3.C13H24FNO2.C13H25NO3.C12H14F3NO2.C12H15F2NO3.C12H16FNO2.C8H13F2NO3/c14-12(15)9-6-16(7-10(17)11(9)18)13(19)8-4-2-1-3-5-8;14-11(6-9-4-2-1-3-5-9)10-7-15-8-12(16)13(10)17;15-11(6-9-4-2-1-3-5-9)10-7-14-8-12(16)13(10)17;13-7-1-6(2-8(14)3-7)11(15)9-4-16-5-10(17)12(9)18;13-7-1-6(2-8(14)3-7)11(17)9-4-15-5-10(16)12(9)18;13-10-3-1-8(2-4-10)5-9-6-14-7-11(15)12(9)16;1-4(12)11-2-5(8(9)10)7(14)6(13)3-11/h1-5,9-12,17-18H,6-7H2;9-13,15-17H,1-8H2;9-17H,1-8H2;1-3,9-12,16-18H,4-5H2;1-3,9-12,15-18H,4-5H2;1-4,9,11-12,14-16H,5-7H2;5-8,13-14H,2-3H2,1H3/t9-,10+,11+;2*10-,11?,12-,13-;2*9-,10-,11?,12-;9-,11+,12+;5-,6+,7+/m0111100/s1. The van der Waals surface area contributed by atoms with Gasteiger partial charge in [-0.1, -0.05) is 94.5 Å². The third kappa shape index (κ3) is 30.8. The molecule has 674 valence electrons. The van der Waals surface area contributed by atoms with E-state index in [1.807, 2.05) is 0 Å². The molecule has 21 N–H and O–H groups in total. The number of piperidine rings is 7. The lowest BCUT2D eigenvalue weighted by Crippen LogP contribution is -2.56. The van der Waals surface area contributed by atoms with Crippen molar-refractivity contribution in [3.05, 3.63) is 142 Å². The van der Waals surface area contributed by atoms with E-state index in [1.54, 1.807) is 42.5 Å². The van der Waals surface area contributed by atoms with Gasteiger partial charge in [0, 0.05) is 146 Å². The number of benzene rings is 4. The number of hydrogen-bond donors (Lipinski definition) is 21. The zero-order valence-corrected chi connectivity index (χ0v) is 66.5. The van der Waals surface area contributed by atoms with Gasteiger partial charge in [0.2, 0.25) is 18.8 Å². The zero-order chi connectivity index (χ0) is 87.5. The summed E-state index contributed by atoms with van der Waals surface area (Å²) < 4.78 is 143. The average molecular weight is 1710 g/mol. The van der Waals surface area contributed by atoms with E-state index < -0.39 is 182 Å². The van der Waals surface area contributed by atoms with Crippen LogP contribution in [0.4, 0.5) is 48.3 Å². The smallest absolute Gasteiger partial charge is 0.253 e. The van der Waals surface area contributed by atoms with E-state index in [0.29, 0.717) is 81.6 Å². The van der Waals surface area contributed by atoms with Crippen molar-refractivity contribution in [2.75, 3.05) is 91.6 Å². The second-order valence-electron chi connectivity index (χ2n) is 32.8. The van der Waals surface area contributed by atoms with Crippen LogP contribution in [0.5, 0.6) is 0 Å². The van der Waals surface area contributed by atoms with Crippen LogP contribution in [0.3, 0.4) is 0 Å². The Morgan fingerprint density at radius 2 is 0.765 bits per heavy atom. The van der Waals surface area contributed by atoms with E-state index in [9.17, 15) is 140 Å². The molecule has 119 heavy (non-hydrogen) atoms. The van der Waals surface area contributed by atoms with E-state index in [-0.39, 0.29) is 87.0 Å². The van der Waals surface area contributed by atoms with Gasteiger partial charge in [0.1, 0.15) is 41.4 Å². The summed E-state index contributed by atoms with van der Waals surface area (Å²) in [6.07, 6.45) is -10.5. The molecule has 36 heteroatoms. The number of likely N-dealkylation sites (tertiary alicyclic amines) is 2. The molecule has 7 saturated heterocycles. The molecule has 2 aliphatic carbocycles. The number of aliphatic hydroxyl groups is 16. The fourth-order valence-electron chi connectivity index (χ4n) is 16.7. The summed E-state index contributed by atoms with van der Waals surface area (Å²) >= 11 is 0. The fourth-order valence-corrected chi connectivity index (χ4v) is 16.7. The van der Waals surface area contributed by atoms with Gasteiger partial charge in [-0.3, -0.25) is 9.59 Å². The molecule has 0 spiro atoms. The van der Waals surface area contributed by atoms with E-state index in [0.717, 1.165) is 58.9 Å². The van der Waals surface area contributed by atoms with Crippen molar-refractivity contribution in [1.82, 2.24) is 36.4 Å². The SMILES string of the molecule is CC(=O)N1C[C@@H](O)[C@H](O)[C@@H](C(F)F)C1.O=C(c1ccccc1)N1C[C@@H](O)[C@H](O)[C@@H](C(F)F)C1.OC(CC1CCCCC1)[C@H]1CNC[C@@H](O)[C@@H]1O.OC(c1cc(F)cc(F)c1)[C@H]1CNC[C@@H](O)[C@@H]1O.O[C@@H]1[C@@H](Cc2ccc(F)cc2)CNC[C@H]1O.O[C@H]1[C@H](O)CNC[C@@H]1C(F)CC1CCCCC1.O[C@H]1[C@H](O)CNC[C@@H]1C(F)c1cc(F)cc(F)c1. The number of amides is 2. The van der Waals surface area contributed by atoms with Crippen molar-refractivity contribution in [3.8, 4) is 0 Å². The van der Waals surface area contributed by atoms with Crippen LogP contribution >= 0.6 is 0 Å². The maximum absolute atomic E-state index is 14.2. The zero-order valence-electron chi connectivity index (χ0n) is 66.5. The molecule has 25 atom stereocenters. The van der Waals surface area contributed by atoms with Gasteiger partial charge in [0.15, 0.2) is 0 Å². The Morgan fingerprint density at radius 3 is 1.24 bits per heavy atom. The lowest BCUT2D eigenvalue weighted by Gasteiger charge is -2.38. The molecular formula is C83H122F11N7O18. The van der Waals surface area contributed by atoms with Crippen molar-refractivity contribution in [3.63, 3.8) is 0 Å². The maximum Gasteiger partial charge on any atom is 0.253 e. The number of hydrogen-bond acceptors (Lipinski definition) is 23. The van der Waals surface area contributed by atoms with Crippen LogP contribution in [0, 0.1) is 82.3 Å². The Balaban J connectivity index is 0.000000192. The fraction of sp³-hybridized carbons (Fsp3) is 0.687. The summed E-state index contributed by atoms with van der Waals surface area (Å²) in [6.45, 7) is 4.33. The maximum atomic E-state index is 14.2. The highest BCUT2D eigenvalue weighted by atomic mass is 19.3. The van der Waals surface area contributed by atoms with Crippen LogP contribution < -0.4 is 26.6 Å². The lowest BCUT2D eigenvalue weighted by molar-refractivity contribution is -0.148. The summed E-state index contributed by atoms with van der Waals surface area (Å²) in [6, 6.07) is 19.7. The Hall–Kier alpha value is -5.79. The predicted molar refractivity (Wildman–Crippen MR) is 414 cm³/mol. The third-order valence-electron chi connectivity index (χ3n) is 23.8. The number of nitrogens with one attached hydrogen (secondary N) is 5. The summed E-state index contributed by atoms with van der Waals surface area (Å²) in [7, 11) is 0. The first-order chi connectivity index (χ1) is 56.4. The first-order valence-electron chi connectivity index (χ1n) is 41.0. The minimum atomic E-state index is -2.78. The van der Waals surface area contributed by atoms with Gasteiger partial charge >= 0.3 is 0 Å². The number of carbonyl (C=O) groups excluding carboxylic acids is 2. The van der Waals surface area contributed by atoms with Crippen molar-refractivity contribution in [2.45, 2.75) is 213 Å². The Kier molecular flexibility index (Phi) is 41.8. The monoisotopic (exact) mass is 1710 g/mol. The van der Waals surface area contributed by atoms with E-state index in [4.69, 9.17) is 0 Å². The summed E-state index contributed by atoms with van der Waals surface area (Å²) in [4.78, 5) is 25.3. The average Bonchev–Trinajstić information content (AvgIpc) is 0.820. The number of rotatable bonds is 15. The third-order valence-corrected chi connectivity index (χ3v) is 23.8. The highest BCUT2D eigenvalue weighted by Crippen LogP contribution is 2.36. The van der Waals surface area contributed by atoms with Crippen LogP contribution in [0.1, 0.15) is 123 Å². The highest BCUT2D eigenvalue weighted by molar-refractivity contribution is 5.94. The van der Waals surface area contributed by atoms with Crippen LogP contribution in [0.2, 0.25) is 0 Å². The Bertz CT molecular complexity index is 3420. The molecule has 4 aromatic carbocycles. The lowest BCUT2D eigenvalue weighted by atomic mass is 9.80. The minimum absolute atomic E-state index is 0.0192. The van der Waals surface area contributed by atoms with Crippen LogP contribution in [0.15, 0.2) is 91.0 Å². The first kappa shape index (κ1) is 100. The van der Waals surface area contributed by atoms with E-state index in [1.165, 1.54) is 70.4 Å². The normalized spacial score (nSPS) is 32.4. The van der Waals surface area contributed by atoms with Crippen molar-refractivity contribution in [2.24, 2.45) is 53.3 Å². The number of β-amino-alcohol motifs (C(OH)–C–C–N with tert-alkyl or cyclic N) is 7. The second kappa shape index (κ2) is 49.6. The quantitative estimate of drug-likeness (QED) is 0.0761. The molecule has 7 aliphatic heterocycles. The molecule has 4 unspecified atom stereocenters. The van der Waals surface area contributed by atoms with Crippen LogP contribution in [-0.4, -0.2) is 306 Å². The first-order valence-corrected chi connectivity index (χ1v) is 41.0. The largest absolute Gasteiger partial charge is 0.393 e. The number of halogens is 11. The second-order valence-corrected chi connectivity index (χ2v) is 32.8. The molecule has 2 amide bonds.